The summed E-state index contributed by atoms with van der Waals surface area (Å²) in [4.78, 5) is 38.0. The fraction of sp³-hybridized carbons (Fsp3) is 0.400. The molecule has 1 amide bonds. The zero-order valence-electron chi connectivity index (χ0n) is 12.0. The van der Waals surface area contributed by atoms with E-state index in [1.54, 1.807) is 24.3 Å². The normalized spacial score (nSPS) is 17.7. The Hall–Kier alpha value is -2.41. The van der Waals surface area contributed by atoms with Gasteiger partial charge in [-0.05, 0) is 18.6 Å². The summed E-state index contributed by atoms with van der Waals surface area (Å²) >= 11 is 0. The van der Waals surface area contributed by atoms with E-state index in [4.69, 9.17) is 4.74 Å². The number of nitrogens with one attached hydrogen (secondary N) is 2. The van der Waals surface area contributed by atoms with E-state index in [1.807, 2.05) is 0 Å². The number of rotatable bonds is 4. The number of H-pyrrole nitrogens is 1. The van der Waals surface area contributed by atoms with E-state index in [2.05, 4.69) is 10.3 Å². The molecule has 0 spiro atoms. The lowest BCUT2D eigenvalue weighted by atomic mass is 10.1. The van der Waals surface area contributed by atoms with Gasteiger partial charge in [0.25, 0.3) is 5.56 Å². The minimum Gasteiger partial charge on any atom is -0.381 e. The number of aromatic amines is 1. The van der Waals surface area contributed by atoms with Crippen LogP contribution in [-0.4, -0.2) is 35.2 Å². The van der Waals surface area contributed by atoms with Crippen LogP contribution < -0.4 is 16.6 Å². The molecule has 0 radical (unpaired) electrons. The molecule has 1 saturated heterocycles. The van der Waals surface area contributed by atoms with E-state index in [0.717, 1.165) is 13.0 Å². The molecule has 1 atom stereocenters. The Morgan fingerprint density at radius 1 is 1.36 bits per heavy atom. The van der Waals surface area contributed by atoms with Crippen LogP contribution in [-0.2, 0) is 16.1 Å². The van der Waals surface area contributed by atoms with Crippen molar-refractivity contribution in [3.8, 4) is 0 Å². The molecule has 1 aliphatic heterocycles. The lowest BCUT2D eigenvalue weighted by Gasteiger charge is -2.12. The van der Waals surface area contributed by atoms with E-state index in [-0.39, 0.29) is 12.5 Å². The topological polar surface area (TPSA) is 93.2 Å². The van der Waals surface area contributed by atoms with Gasteiger partial charge in [0.1, 0.15) is 6.54 Å². The van der Waals surface area contributed by atoms with Crippen molar-refractivity contribution in [3.63, 3.8) is 0 Å². The summed E-state index contributed by atoms with van der Waals surface area (Å²) in [7, 11) is 0. The average Bonchev–Trinajstić information content (AvgIpc) is 3.03. The highest BCUT2D eigenvalue weighted by molar-refractivity contribution is 5.81. The predicted molar refractivity (Wildman–Crippen MR) is 80.8 cm³/mol. The summed E-state index contributed by atoms with van der Waals surface area (Å²) in [6, 6.07) is 6.72. The number of nitrogens with zero attached hydrogens (tertiary/aromatic N) is 1. The van der Waals surface area contributed by atoms with Crippen molar-refractivity contribution in [1.82, 2.24) is 14.9 Å². The van der Waals surface area contributed by atoms with Gasteiger partial charge in [-0.3, -0.25) is 19.1 Å². The van der Waals surface area contributed by atoms with Gasteiger partial charge in [0.05, 0.1) is 17.5 Å². The Bertz CT molecular complexity index is 802. The number of aromatic nitrogens is 2. The van der Waals surface area contributed by atoms with E-state index in [9.17, 15) is 14.4 Å². The van der Waals surface area contributed by atoms with Crippen LogP contribution in [0, 0.1) is 5.92 Å². The molecule has 3 rings (SSSR count). The number of hydrogen-bond donors (Lipinski definition) is 2. The van der Waals surface area contributed by atoms with Crippen molar-refractivity contribution in [3.05, 3.63) is 45.1 Å². The van der Waals surface area contributed by atoms with Crippen LogP contribution in [0.2, 0.25) is 0 Å². The number of para-hydroxylation sites is 1. The lowest BCUT2D eigenvalue weighted by molar-refractivity contribution is -0.121. The minimum absolute atomic E-state index is 0.121. The number of carbonyl (C=O) groups is 1. The zero-order valence-corrected chi connectivity index (χ0v) is 12.0. The molecule has 22 heavy (non-hydrogen) atoms. The van der Waals surface area contributed by atoms with Crippen LogP contribution in [0.15, 0.2) is 33.9 Å². The van der Waals surface area contributed by atoms with Gasteiger partial charge < -0.3 is 10.1 Å². The average molecular weight is 303 g/mol. The highest BCUT2D eigenvalue weighted by Gasteiger charge is 2.17. The number of hydrogen-bond acceptors (Lipinski definition) is 4. The molecule has 116 valence electrons. The van der Waals surface area contributed by atoms with Crippen molar-refractivity contribution >= 4 is 16.8 Å². The molecular weight excluding hydrogens is 286 g/mol. The van der Waals surface area contributed by atoms with Crippen molar-refractivity contribution in [1.29, 1.82) is 0 Å². The second kappa shape index (κ2) is 6.15. The fourth-order valence-corrected chi connectivity index (χ4v) is 2.60. The first kappa shape index (κ1) is 14.5. The summed E-state index contributed by atoms with van der Waals surface area (Å²) in [5.74, 6) is 0.0687. The molecule has 1 aliphatic rings. The third kappa shape index (κ3) is 2.94. The van der Waals surface area contributed by atoms with E-state index in [1.165, 1.54) is 4.57 Å². The SMILES string of the molecule is O=C(Cn1c(=O)[nH]c(=O)c2ccccc21)NC[C@@H]1CCOC1. The largest absolute Gasteiger partial charge is 0.381 e. The number of amides is 1. The Kier molecular flexibility index (Phi) is 4.06. The molecule has 7 heteroatoms. The van der Waals surface area contributed by atoms with Gasteiger partial charge in [0.15, 0.2) is 0 Å². The number of benzene rings is 1. The molecule has 0 saturated carbocycles. The molecule has 2 heterocycles. The van der Waals surface area contributed by atoms with Crippen molar-refractivity contribution < 1.29 is 9.53 Å². The maximum atomic E-state index is 12.0. The van der Waals surface area contributed by atoms with Crippen LogP contribution in [0.25, 0.3) is 10.9 Å². The standard InChI is InChI=1S/C15H17N3O4/c19-13(16-7-10-5-6-22-9-10)8-18-12-4-2-1-3-11(12)14(20)17-15(18)21/h1-4,10H,5-9H2,(H,16,19)(H,17,20,21)/t10-/m0/s1. The van der Waals surface area contributed by atoms with Crippen molar-refractivity contribution in [2.45, 2.75) is 13.0 Å². The van der Waals surface area contributed by atoms with Crippen LogP contribution >= 0.6 is 0 Å². The van der Waals surface area contributed by atoms with Gasteiger partial charge in [-0.1, -0.05) is 12.1 Å². The van der Waals surface area contributed by atoms with Gasteiger partial charge >= 0.3 is 5.69 Å². The molecule has 2 N–H and O–H groups in total. The highest BCUT2D eigenvalue weighted by atomic mass is 16.5. The summed E-state index contributed by atoms with van der Waals surface area (Å²) < 4.78 is 6.53. The molecule has 0 bridgehead atoms. The van der Waals surface area contributed by atoms with E-state index < -0.39 is 11.2 Å². The van der Waals surface area contributed by atoms with Gasteiger partial charge in [0.2, 0.25) is 5.91 Å². The van der Waals surface area contributed by atoms with Crippen molar-refractivity contribution in [2.24, 2.45) is 5.92 Å². The monoisotopic (exact) mass is 303 g/mol. The van der Waals surface area contributed by atoms with E-state index in [0.29, 0.717) is 30.0 Å². The zero-order chi connectivity index (χ0) is 15.5. The molecule has 7 nitrogen and oxygen atoms in total. The number of ether oxygens (including phenoxy) is 1. The molecule has 2 aromatic rings. The Balaban J connectivity index is 1.79. The summed E-state index contributed by atoms with van der Waals surface area (Å²) in [5.41, 5.74) is -0.570. The molecule has 0 unspecified atom stereocenters. The third-order valence-electron chi connectivity index (χ3n) is 3.82. The van der Waals surface area contributed by atoms with Gasteiger partial charge in [0, 0.05) is 19.1 Å². The Morgan fingerprint density at radius 3 is 2.95 bits per heavy atom. The van der Waals surface area contributed by atoms with Crippen LogP contribution in [0.5, 0.6) is 0 Å². The Morgan fingerprint density at radius 2 is 2.18 bits per heavy atom. The van der Waals surface area contributed by atoms with Gasteiger partial charge in [-0.25, -0.2) is 4.79 Å². The van der Waals surface area contributed by atoms with Crippen LogP contribution in [0.1, 0.15) is 6.42 Å². The van der Waals surface area contributed by atoms with E-state index >= 15 is 0 Å². The molecular formula is C15H17N3O4. The fourth-order valence-electron chi connectivity index (χ4n) is 2.60. The molecule has 0 aliphatic carbocycles. The lowest BCUT2D eigenvalue weighted by Crippen LogP contribution is -2.38. The molecule has 1 aromatic carbocycles. The third-order valence-corrected chi connectivity index (χ3v) is 3.82. The first-order chi connectivity index (χ1) is 10.6. The summed E-state index contributed by atoms with van der Waals surface area (Å²) in [5, 5.41) is 3.20. The Labute approximate surface area is 125 Å². The summed E-state index contributed by atoms with van der Waals surface area (Å²) in [6.07, 6.45) is 0.932. The molecule has 1 fully saturated rings. The second-order valence-electron chi connectivity index (χ2n) is 5.40. The van der Waals surface area contributed by atoms with Gasteiger partial charge in [-0.2, -0.15) is 0 Å². The van der Waals surface area contributed by atoms with Crippen molar-refractivity contribution in [2.75, 3.05) is 19.8 Å². The number of fused-ring (bicyclic) bond motifs is 1. The maximum absolute atomic E-state index is 12.0. The van der Waals surface area contributed by atoms with Gasteiger partial charge in [-0.15, -0.1) is 0 Å². The molecule has 1 aromatic heterocycles. The smallest absolute Gasteiger partial charge is 0.329 e. The minimum atomic E-state index is -0.581. The second-order valence-corrected chi connectivity index (χ2v) is 5.40. The summed E-state index contributed by atoms with van der Waals surface area (Å²) in [6.45, 7) is 1.80. The number of carbonyl (C=O) groups excluding carboxylic acids is 1. The first-order valence-electron chi connectivity index (χ1n) is 7.21. The predicted octanol–water partition coefficient (Wildman–Crippen LogP) is -0.158. The van der Waals surface area contributed by atoms with Crippen LogP contribution in [0.3, 0.4) is 0 Å². The van der Waals surface area contributed by atoms with Crippen LogP contribution in [0.4, 0.5) is 0 Å². The maximum Gasteiger partial charge on any atom is 0.329 e. The highest BCUT2D eigenvalue weighted by Crippen LogP contribution is 2.10. The quantitative estimate of drug-likeness (QED) is 0.821. The first-order valence-corrected chi connectivity index (χ1v) is 7.21.